The van der Waals surface area contributed by atoms with Crippen LogP contribution < -0.4 is 0 Å². The van der Waals surface area contributed by atoms with E-state index >= 15 is 0 Å². The van der Waals surface area contributed by atoms with E-state index in [1.807, 2.05) is 0 Å². The first-order valence-corrected chi connectivity index (χ1v) is 3.46. The Hall–Kier alpha value is -0.590. The van der Waals surface area contributed by atoms with E-state index in [0.717, 1.165) is 12.8 Å². The Morgan fingerprint density at radius 3 is 2.78 bits per heavy atom. The summed E-state index contributed by atoms with van der Waals surface area (Å²) in [6, 6.07) is 0. The number of allylic oxidation sites excluding steroid dienone is 2. The molecule has 0 saturated carbocycles. The van der Waals surface area contributed by atoms with E-state index in [-0.39, 0.29) is 0 Å². The van der Waals surface area contributed by atoms with Crippen LogP contribution in [0.5, 0.6) is 0 Å². The fourth-order valence-electron chi connectivity index (χ4n) is 0.912. The van der Waals surface area contributed by atoms with Crippen LogP contribution >= 0.6 is 0 Å². The van der Waals surface area contributed by atoms with E-state index in [0.29, 0.717) is 5.78 Å². The van der Waals surface area contributed by atoms with Gasteiger partial charge in [-0.3, -0.25) is 0 Å². The molecule has 0 aromatic heterocycles. The normalized spacial score (nSPS) is 16.3. The summed E-state index contributed by atoms with van der Waals surface area (Å²) in [5.74, 6) is 0.308. The van der Waals surface area contributed by atoms with Gasteiger partial charge in [-0.25, -0.2) is 0 Å². The third-order valence-electron chi connectivity index (χ3n) is 1.70. The predicted octanol–water partition coefficient (Wildman–Crippen LogP) is 2.08. The number of hydrogen-bond donors (Lipinski definition) is 0. The zero-order valence-electron chi connectivity index (χ0n) is 5.81. The fraction of sp³-hybridized carbons (Fsp3) is 0.625. The van der Waals surface area contributed by atoms with Crippen molar-refractivity contribution in [1.82, 2.24) is 0 Å². The molecule has 0 N–H and O–H groups in total. The van der Waals surface area contributed by atoms with Gasteiger partial charge in [-0.1, -0.05) is 11.6 Å². The number of ketones is 1. The van der Waals surface area contributed by atoms with Crippen molar-refractivity contribution >= 4 is 5.78 Å². The summed E-state index contributed by atoms with van der Waals surface area (Å²) in [6.07, 6.45) is 6.44. The van der Waals surface area contributed by atoms with Crippen molar-refractivity contribution in [3.05, 3.63) is 11.6 Å². The van der Waals surface area contributed by atoms with Gasteiger partial charge in [-0.15, -0.1) is 0 Å². The van der Waals surface area contributed by atoms with Gasteiger partial charge in [0.05, 0.1) is 0 Å². The summed E-state index contributed by atoms with van der Waals surface area (Å²) >= 11 is 0. The number of carbonyl (C=O) groups is 1. The molecule has 9 heavy (non-hydrogen) atoms. The Morgan fingerprint density at radius 2 is 2.44 bits per heavy atom. The molecule has 1 heteroatoms. The molecular formula is C8H12O. The van der Waals surface area contributed by atoms with Gasteiger partial charge < -0.3 is 4.79 Å². The first kappa shape index (κ1) is 6.53. The molecule has 1 aliphatic rings. The van der Waals surface area contributed by atoms with Crippen molar-refractivity contribution in [2.75, 3.05) is 0 Å². The summed E-state index contributed by atoms with van der Waals surface area (Å²) in [4.78, 5) is 10.5. The van der Waals surface area contributed by atoms with Crippen molar-refractivity contribution in [2.24, 2.45) is 0 Å². The maximum atomic E-state index is 10.5. The average molecular weight is 124 g/mol. The number of hydrogen-bond acceptors (Lipinski definition) is 1. The molecule has 0 amide bonds. The van der Waals surface area contributed by atoms with Crippen molar-refractivity contribution in [2.45, 2.75) is 32.6 Å². The van der Waals surface area contributed by atoms with Crippen LogP contribution in [0.15, 0.2) is 11.6 Å². The SMILES string of the molecule is CC(=O)CCC1=CCC1. The number of carbonyl (C=O) groups excluding carboxylic acids is 1. The molecule has 0 atom stereocenters. The quantitative estimate of drug-likeness (QED) is 0.526. The van der Waals surface area contributed by atoms with Gasteiger partial charge in [0.1, 0.15) is 5.78 Å². The minimum atomic E-state index is 0.308. The maximum absolute atomic E-state index is 10.5. The van der Waals surface area contributed by atoms with Crippen LogP contribution in [-0.4, -0.2) is 5.78 Å². The summed E-state index contributed by atoms with van der Waals surface area (Å²) in [5, 5.41) is 0. The van der Waals surface area contributed by atoms with E-state index in [1.165, 1.54) is 18.4 Å². The largest absolute Gasteiger partial charge is 0.300 e. The first-order valence-electron chi connectivity index (χ1n) is 3.46. The molecular weight excluding hydrogens is 112 g/mol. The lowest BCUT2D eigenvalue weighted by Gasteiger charge is -2.12. The first-order chi connectivity index (χ1) is 4.29. The molecule has 0 aromatic rings. The van der Waals surface area contributed by atoms with Crippen molar-refractivity contribution < 1.29 is 4.79 Å². The summed E-state index contributed by atoms with van der Waals surface area (Å²) in [6.45, 7) is 1.65. The second kappa shape index (κ2) is 2.81. The van der Waals surface area contributed by atoms with Gasteiger partial charge in [0, 0.05) is 6.42 Å². The smallest absolute Gasteiger partial charge is 0.130 e. The van der Waals surface area contributed by atoms with Crippen LogP contribution in [0.4, 0.5) is 0 Å². The zero-order chi connectivity index (χ0) is 6.69. The molecule has 1 nitrogen and oxygen atoms in total. The van der Waals surface area contributed by atoms with Gasteiger partial charge in [0.15, 0.2) is 0 Å². The molecule has 0 fully saturated rings. The van der Waals surface area contributed by atoms with E-state index in [9.17, 15) is 4.79 Å². The highest BCUT2D eigenvalue weighted by molar-refractivity contribution is 5.75. The summed E-state index contributed by atoms with van der Waals surface area (Å²) in [7, 11) is 0. The fourth-order valence-corrected chi connectivity index (χ4v) is 0.912. The Kier molecular flexibility index (Phi) is 2.04. The summed E-state index contributed by atoms with van der Waals surface area (Å²) in [5.41, 5.74) is 1.48. The highest BCUT2D eigenvalue weighted by atomic mass is 16.1. The lowest BCUT2D eigenvalue weighted by molar-refractivity contribution is -0.116. The number of Topliss-reactive ketones (excluding diaryl/α,β-unsaturated/α-hetero) is 1. The Labute approximate surface area is 55.8 Å². The van der Waals surface area contributed by atoms with Gasteiger partial charge in [0.25, 0.3) is 0 Å². The number of rotatable bonds is 3. The zero-order valence-corrected chi connectivity index (χ0v) is 5.81. The summed E-state index contributed by atoms with van der Waals surface area (Å²) < 4.78 is 0. The molecule has 0 bridgehead atoms. The highest BCUT2D eigenvalue weighted by Gasteiger charge is 2.05. The predicted molar refractivity (Wildman–Crippen MR) is 37.2 cm³/mol. The highest BCUT2D eigenvalue weighted by Crippen LogP contribution is 2.22. The van der Waals surface area contributed by atoms with Gasteiger partial charge >= 0.3 is 0 Å². The maximum Gasteiger partial charge on any atom is 0.130 e. The lowest BCUT2D eigenvalue weighted by Crippen LogP contribution is -1.97. The Bertz CT molecular complexity index is 145. The van der Waals surface area contributed by atoms with Crippen LogP contribution in [-0.2, 0) is 4.79 Å². The van der Waals surface area contributed by atoms with Crippen molar-refractivity contribution in [3.63, 3.8) is 0 Å². The lowest BCUT2D eigenvalue weighted by atomic mass is 9.94. The molecule has 0 aromatic carbocycles. The minimum Gasteiger partial charge on any atom is -0.300 e. The molecule has 0 aliphatic heterocycles. The molecule has 0 heterocycles. The minimum absolute atomic E-state index is 0.308. The molecule has 0 radical (unpaired) electrons. The average Bonchev–Trinajstić information content (AvgIpc) is 1.60. The topological polar surface area (TPSA) is 17.1 Å². The standard InChI is InChI=1S/C8H12O/c1-7(9)5-6-8-3-2-4-8/h3H,2,4-6H2,1H3. The third-order valence-corrected chi connectivity index (χ3v) is 1.70. The van der Waals surface area contributed by atoms with E-state index in [2.05, 4.69) is 6.08 Å². The van der Waals surface area contributed by atoms with E-state index in [4.69, 9.17) is 0 Å². The van der Waals surface area contributed by atoms with Crippen LogP contribution in [0.1, 0.15) is 32.6 Å². The van der Waals surface area contributed by atoms with Crippen molar-refractivity contribution in [3.8, 4) is 0 Å². The van der Waals surface area contributed by atoms with Crippen molar-refractivity contribution in [1.29, 1.82) is 0 Å². The molecule has 1 aliphatic carbocycles. The van der Waals surface area contributed by atoms with E-state index < -0.39 is 0 Å². The van der Waals surface area contributed by atoms with Gasteiger partial charge in [0.2, 0.25) is 0 Å². The second-order valence-corrected chi connectivity index (χ2v) is 2.60. The molecule has 0 spiro atoms. The molecule has 0 saturated heterocycles. The van der Waals surface area contributed by atoms with Crippen LogP contribution in [0.3, 0.4) is 0 Å². The van der Waals surface area contributed by atoms with Crippen LogP contribution in [0, 0.1) is 0 Å². The van der Waals surface area contributed by atoms with Gasteiger partial charge in [-0.2, -0.15) is 0 Å². The Morgan fingerprint density at radius 1 is 1.78 bits per heavy atom. The van der Waals surface area contributed by atoms with Gasteiger partial charge in [-0.05, 0) is 26.2 Å². The second-order valence-electron chi connectivity index (χ2n) is 2.60. The van der Waals surface area contributed by atoms with Crippen LogP contribution in [0.25, 0.3) is 0 Å². The molecule has 50 valence electrons. The van der Waals surface area contributed by atoms with E-state index in [1.54, 1.807) is 6.92 Å². The van der Waals surface area contributed by atoms with Crippen LogP contribution in [0.2, 0.25) is 0 Å². The third kappa shape index (κ3) is 2.00. The molecule has 1 rings (SSSR count). The Balaban J connectivity index is 2.12. The molecule has 0 unspecified atom stereocenters. The monoisotopic (exact) mass is 124 g/mol.